The standard InChI is InChI=1S/C6H11NO3/c1-4-5(8)10-6(9)7(2)3/h4H2,1-3H3. The fraction of sp³-hybridized carbons (Fsp3) is 0.667. The molecule has 0 aliphatic heterocycles. The van der Waals surface area contributed by atoms with Crippen molar-refractivity contribution in [2.45, 2.75) is 13.3 Å². The van der Waals surface area contributed by atoms with Gasteiger partial charge in [0, 0.05) is 20.5 Å². The minimum atomic E-state index is -0.619. The predicted octanol–water partition coefficient (Wildman–Crippen LogP) is 0.621. The van der Waals surface area contributed by atoms with E-state index in [1.165, 1.54) is 19.0 Å². The molecule has 0 aromatic rings. The number of nitrogens with zero attached hydrogens (tertiary/aromatic N) is 1. The second kappa shape index (κ2) is 3.87. The highest BCUT2D eigenvalue weighted by molar-refractivity contribution is 5.83. The number of esters is 1. The smallest absolute Gasteiger partial charge is 0.376 e. The van der Waals surface area contributed by atoms with Crippen molar-refractivity contribution in [1.82, 2.24) is 4.90 Å². The van der Waals surface area contributed by atoms with Crippen LogP contribution < -0.4 is 0 Å². The van der Waals surface area contributed by atoms with Crippen LogP contribution in [0.4, 0.5) is 4.79 Å². The Morgan fingerprint density at radius 1 is 1.40 bits per heavy atom. The van der Waals surface area contributed by atoms with Gasteiger partial charge in [-0.15, -0.1) is 0 Å². The van der Waals surface area contributed by atoms with E-state index < -0.39 is 12.1 Å². The summed E-state index contributed by atoms with van der Waals surface area (Å²) < 4.78 is 4.31. The molecule has 0 aliphatic carbocycles. The molecule has 0 bridgehead atoms. The summed E-state index contributed by atoms with van der Waals surface area (Å²) in [5.41, 5.74) is 0. The molecular formula is C6H11NO3. The Kier molecular flexibility index (Phi) is 3.46. The molecule has 0 rings (SSSR count). The van der Waals surface area contributed by atoms with E-state index in [0.29, 0.717) is 0 Å². The number of carbonyl (C=O) groups is 2. The lowest BCUT2D eigenvalue weighted by Gasteiger charge is -2.07. The van der Waals surface area contributed by atoms with E-state index >= 15 is 0 Å². The maximum absolute atomic E-state index is 10.6. The maximum Gasteiger partial charge on any atom is 0.416 e. The second-order valence-corrected chi connectivity index (χ2v) is 1.99. The third kappa shape index (κ3) is 3.06. The molecule has 0 spiro atoms. The Bertz CT molecular complexity index is 142. The maximum atomic E-state index is 10.6. The zero-order valence-electron chi connectivity index (χ0n) is 6.38. The molecule has 0 fully saturated rings. The Morgan fingerprint density at radius 3 is 2.20 bits per heavy atom. The van der Waals surface area contributed by atoms with Crippen molar-refractivity contribution in [3.05, 3.63) is 0 Å². The molecule has 0 radical (unpaired) electrons. The van der Waals surface area contributed by atoms with Crippen LogP contribution in [0, 0.1) is 0 Å². The largest absolute Gasteiger partial charge is 0.416 e. The Hall–Kier alpha value is -1.06. The highest BCUT2D eigenvalue weighted by Gasteiger charge is 2.08. The van der Waals surface area contributed by atoms with Crippen molar-refractivity contribution in [2.24, 2.45) is 0 Å². The number of rotatable bonds is 1. The molecule has 0 atom stereocenters. The fourth-order valence-corrected chi connectivity index (χ4v) is 0.261. The van der Waals surface area contributed by atoms with E-state index in [0.717, 1.165) is 0 Å². The molecule has 0 saturated carbocycles. The molecule has 10 heavy (non-hydrogen) atoms. The number of ether oxygens (including phenoxy) is 1. The zero-order chi connectivity index (χ0) is 8.15. The summed E-state index contributed by atoms with van der Waals surface area (Å²) in [6, 6.07) is 0. The minimum absolute atomic E-state index is 0.222. The van der Waals surface area contributed by atoms with E-state index in [9.17, 15) is 9.59 Å². The van der Waals surface area contributed by atoms with Gasteiger partial charge < -0.3 is 9.64 Å². The topological polar surface area (TPSA) is 46.6 Å². The van der Waals surface area contributed by atoms with Gasteiger partial charge in [0.05, 0.1) is 0 Å². The molecule has 4 heteroatoms. The van der Waals surface area contributed by atoms with Gasteiger partial charge in [0.2, 0.25) is 0 Å². The molecule has 1 amide bonds. The number of carbonyl (C=O) groups excluding carboxylic acids is 2. The molecular weight excluding hydrogens is 134 g/mol. The average Bonchev–Trinajstić information content (AvgIpc) is 1.87. The van der Waals surface area contributed by atoms with Gasteiger partial charge >= 0.3 is 12.1 Å². The lowest BCUT2D eigenvalue weighted by Crippen LogP contribution is -2.25. The SMILES string of the molecule is CCC(=O)OC(=O)N(C)C. The molecule has 0 aromatic heterocycles. The first-order chi connectivity index (χ1) is 4.57. The van der Waals surface area contributed by atoms with Gasteiger partial charge in [0.1, 0.15) is 0 Å². The number of amides is 1. The van der Waals surface area contributed by atoms with Crippen LogP contribution in [0.5, 0.6) is 0 Å². The third-order valence-corrected chi connectivity index (χ3v) is 0.855. The molecule has 58 valence electrons. The Balaban J connectivity index is 3.69. The van der Waals surface area contributed by atoms with Crippen LogP contribution in [0.25, 0.3) is 0 Å². The van der Waals surface area contributed by atoms with Crippen LogP contribution in [0.3, 0.4) is 0 Å². The van der Waals surface area contributed by atoms with Crippen molar-refractivity contribution in [3.8, 4) is 0 Å². The fourth-order valence-electron chi connectivity index (χ4n) is 0.261. The van der Waals surface area contributed by atoms with Crippen molar-refractivity contribution in [2.75, 3.05) is 14.1 Å². The van der Waals surface area contributed by atoms with E-state index in [1.807, 2.05) is 0 Å². The molecule has 0 unspecified atom stereocenters. The predicted molar refractivity (Wildman–Crippen MR) is 35.5 cm³/mol. The van der Waals surface area contributed by atoms with E-state index in [-0.39, 0.29) is 6.42 Å². The van der Waals surface area contributed by atoms with Crippen molar-refractivity contribution >= 4 is 12.1 Å². The van der Waals surface area contributed by atoms with Gasteiger partial charge in [-0.1, -0.05) is 6.92 Å². The van der Waals surface area contributed by atoms with Crippen LogP contribution in [0.1, 0.15) is 13.3 Å². The normalized spacial score (nSPS) is 8.70. The van der Waals surface area contributed by atoms with Gasteiger partial charge in [0.15, 0.2) is 0 Å². The Morgan fingerprint density at radius 2 is 1.90 bits per heavy atom. The van der Waals surface area contributed by atoms with Gasteiger partial charge in [-0.25, -0.2) is 4.79 Å². The van der Waals surface area contributed by atoms with Crippen molar-refractivity contribution < 1.29 is 14.3 Å². The van der Waals surface area contributed by atoms with Gasteiger partial charge in [0.25, 0.3) is 0 Å². The summed E-state index contributed by atoms with van der Waals surface area (Å²) in [7, 11) is 3.04. The van der Waals surface area contributed by atoms with E-state index in [2.05, 4.69) is 4.74 Å². The minimum Gasteiger partial charge on any atom is -0.376 e. The quantitative estimate of drug-likeness (QED) is 0.401. The summed E-state index contributed by atoms with van der Waals surface area (Å²) in [6.07, 6.45) is -0.397. The van der Waals surface area contributed by atoms with E-state index in [4.69, 9.17) is 0 Å². The van der Waals surface area contributed by atoms with E-state index in [1.54, 1.807) is 6.92 Å². The van der Waals surface area contributed by atoms with Crippen LogP contribution in [0.2, 0.25) is 0 Å². The molecule has 4 nitrogen and oxygen atoms in total. The lowest BCUT2D eigenvalue weighted by molar-refractivity contribution is -0.137. The molecule has 0 N–H and O–H groups in total. The number of hydrogen-bond donors (Lipinski definition) is 0. The van der Waals surface area contributed by atoms with Crippen LogP contribution in [-0.4, -0.2) is 31.1 Å². The molecule has 0 aromatic carbocycles. The number of hydrogen-bond acceptors (Lipinski definition) is 3. The van der Waals surface area contributed by atoms with Gasteiger partial charge in [-0.05, 0) is 0 Å². The van der Waals surface area contributed by atoms with Crippen LogP contribution in [0.15, 0.2) is 0 Å². The third-order valence-electron chi connectivity index (χ3n) is 0.855. The molecule has 0 heterocycles. The first-order valence-electron chi connectivity index (χ1n) is 3.00. The van der Waals surface area contributed by atoms with Crippen molar-refractivity contribution in [3.63, 3.8) is 0 Å². The first kappa shape index (κ1) is 8.94. The average molecular weight is 145 g/mol. The summed E-state index contributed by atoms with van der Waals surface area (Å²) in [5.74, 6) is -0.501. The first-order valence-corrected chi connectivity index (χ1v) is 3.00. The highest BCUT2D eigenvalue weighted by atomic mass is 16.6. The van der Waals surface area contributed by atoms with Gasteiger partial charge in [-0.2, -0.15) is 0 Å². The molecule has 0 aliphatic rings. The highest BCUT2D eigenvalue weighted by Crippen LogP contribution is 1.89. The Labute approximate surface area is 59.8 Å². The summed E-state index contributed by atoms with van der Waals surface area (Å²) in [5, 5.41) is 0. The van der Waals surface area contributed by atoms with Gasteiger partial charge in [-0.3, -0.25) is 4.79 Å². The lowest BCUT2D eigenvalue weighted by atomic mass is 10.5. The summed E-state index contributed by atoms with van der Waals surface area (Å²) in [6.45, 7) is 1.63. The van der Waals surface area contributed by atoms with Crippen LogP contribution in [-0.2, 0) is 9.53 Å². The van der Waals surface area contributed by atoms with Crippen LogP contribution >= 0.6 is 0 Å². The molecule has 0 saturated heterocycles. The zero-order valence-corrected chi connectivity index (χ0v) is 6.38. The summed E-state index contributed by atoms with van der Waals surface area (Å²) >= 11 is 0. The summed E-state index contributed by atoms with van der Waals surface area (Å²) in [4.78, 5) is 22.3. The van der Waals surface area contributed by atoms with Crippen molar-refractivity contribution in [1.29, 1.82) is 0 Å². The monoisotopic (exact) mass is 145 g/mol. The second-order valence-electron chi connectivity index (χ2n) is 1.99.